The molecule has 1 heterocycles. The Bertz CT molecular complexity index is 396. The molecule has 1 saturated heterocycles. The summed E-state index contributed by atoms with van der Waals surface area (Å²) in [7, 11) is 0. The summed E-state index contributed by atoms with van der Waals surface area (Å²) in [5.41, 5.74) is -0.427. The highest BCUT2D eigenvalue weighted by atomic mass is 16.6. The minimum absolute atomic E-state index is 0.195. The van der Waals surface area contributed by atoms with E-state index in [1.54, 1.807) is 0 Å². The molecule has 0 aromatic rings. The highest BCUT2D eigenvalue weighted by Crippen LogP contribution is 2.19. The molecule has 1 rings (SSSR count). The van der Waals surface area contributed by atoms with Crippen LogP contribution in [0.5, 0.6) is 0 Å². The van der Waals surface area contributed by atoms with Crippen LogP contribution in [0.4, 0.5) is 4.79 Å². The molecule has 0 aromatic carbocycles. The molecule has 0 saturated carbocycles. The fraction of sp³-hybridized carbons (Fsp3) is 0.889. The lowest BCUT2D eigenvalue weighted by molar-refractivity contribution is 0.0187. The minimum Gasteiger partial charge on any atom is -0.444 e. The second-order valence-electron chi connectivity index (χ2n) is 7.41. The highest BCUT2D eigenvalue weighted by molar-refractivity contribution is 5.79. The average molecular weight is 341 g/mol. The zero-order valence-corrected chi connectivity index (χ0v) is 16.2. The van der Waals surface area contributed by atoms with Crippen LogP contribution in [0.2, 0.25) is 0 Å². The zero-order valence-electron chi connectivity index (χ0n) is 16.2. The van der Waals surface area contributed by atoms with Crippen molar-refractivity contribution in [2.24, 2.45) is 10.9 Å². The van der Waals surface area contributed by atoms with Gasteiger partial charge in [-0.1, -0.05) is 13.3 Å². The Labute approximate surface area is 147 Å². The molecule has 0 bridgehead atoms. The molecule has 0 atom stereocenters. The summed E-state index contributed by atoms with van der Waals surface area (Å²) >= 11 is 0. The third-order valence-electron chi connectivity index (χ3n) is 3.94. The van der Waals surface area contributed by atoms with Crippen molar-refractivity contribution in [3.63, 3.8) is 0 Å². The van der Waals surface area contributed by atoms with Crippen LogP contribution in [0.3, 0.4) is 0 Å². The van der Waals surface area contributed by atoms with Gasteiger partial charge in [0.15, 0.2) is 5.96 Å². The van der Waals surface area contributed by atoms with Crippen LogP contribution < -0.4 is 10.6 Å². The second-order valence-corrected chi connectivity index (χ2v) is 7.41. The molecule has 24 heavy (non-hydrogen) atoms. The van der Waals surface area contributed by atoms with E-state index in [2.05, 4.69) is 24.5 Å². The fourth-order valence-corrected chi connectivity index (χ4v) is 2.57. The van der Waals surface area contributed by atoms with Crippen LogP contribution in [-0.2, 0) is 4.74 Å². The van der Waals surface area contributed by atoms with Gasteiger partial charge in [0, 0.05) is 32.7 Å². The first-order chi connectivity index (χ1) is 11.4. The van der Waals surface area contributed by atoms with Crippen molar-refractivity contribution in [3.8, 4) is 0 Å². The summed E-state index contributed by atoms with van der Waals surface area (Å²) in [6, 6.07) is 0. The molecule has 0 aromatic heterocycles. The van der Waals surface area contributed by atoms with Gasteiger partial charge < -0.3 is 20.3 Å². The van der Waals surface area contributed by atoms with Crippen molar-refractivity contribution in [2.45, 2.75) is 65.9 Å². The molecule has 1 amide bonds. The number of piperidine rings is 1. The Kier molecular flexibility index (Phi) is 8.93. The Morgan fingerprint density at radius 3 is 2.42 bits per heavy atom. The molecule has 2 N–H and O–H groups in total. The lowest BCUT2D eigenvalue weighted by Gasteiger charge is -2.33. The van der Waals surface area contributed by atoms with Gasteiger partial charge in [-0.2, -0.15) is 0 Å². The summed E-state index contributed by atoms with van der Waals surface area (Å²) in [4.78, 5) is 18.6. The summed E-state index contributed by atoms with van der Waals surface area (Å²) in [5, 5.41) is 6.66. The van der Waals surface area contributed by atoms with Gasteiger partial charge >= 0.3 is 6.09 Å². The molecule has 0 spiro atoms. The molecule has 1 fully saturated rings. The van der Waals surface area contributed by atoms with E-state index in [0.29, 0.717) is 5.92 Å². The molecular formula is C18H36N4O2. The number of nitrogens with zero attached hydrogens (tertiary/aromatic N) is 2. The first-order valence-electron chi connectivity index (χ1n) is 9.35. The van der Waals surface area contributed by atoms with E-state index in [1.165, 1.54) is 6.42 Å². The number of nitrogens with one attached hydrogen (secondary N) is 2. The second kappa shape index (κ2) is 10.4. The number of carbonyl (C=O) groups excluding carboxylic acids is 1. The van der Waals surface area contributed by atoms with Crippen molar-refractivity contribution < 1.29 is 9.53 Å². The summed E-state index contributed by atoms with van der Waals surface area (Å²) in [6.45, 7) is 14.1. The normalized spacial score (nSPS) is 16.9. The van der Waals surface area contributed by atoms with E-state index in [1.807, 2.05) is 25.7 Å². The van der Waals surface area contributed by atoms with Gasteiger partial charge in [0.2, 0.25) is 0 Å². The number of unbranched alkanes of at least 4 members (excludes halogenated alkanes) is 1. The molecule has 6 nitrogen and oxygen atoms in total. The Morgan fingerprint density at radius 1 is 1.21 bits per heavy atom. The van der Waals surface area contributed by atoms with Crippen LogP contribution in [0.15, 0.2) is 4.99 Å². The molecular weight excluding hydrogens is 304 g/mol. The molecule has 0 aliphatic carbocycles. The van der Waals surface area contributed by atoms with E-state index < -0.39 is 5.60 Å². The van der Waals surface area contributed by atoms with Crippen LogP contribution in [-0.4, -0.2) is 55.3 Å². The zero-order chi connectivity index (χ0) is 18.0. The number of ether oxygens (including phenoxy) is 1. The van der Waals surface area contributed by atoms with E-state index >= 15 is 0 Å². The van der Waals surface area contributed by atoms with Gasteiger partial charge in [0.1, 0.15) is 5.60 Å². The number of carbonyl (C=O) groups is 1. The summed E-state index contributed by atoms with van der Waals surface area (Å²) < 4.78 is 5.44. The number of likely N-dealkylation sites (tertiary alicyclic amines) is 1. The molecule has 1 aliphatic rings. The average Bonchev–Trinajstić information content (AvgIpc) is 2.51. The topological polar surface area (TPSA) is 66.0 Å². The maximum atomic E-state index is 12.1. The number of rotatable bonds is 6. The van der Waals surface area contributed by atoms with Gasteiger partial charge in [-0.3, -0.25) is 4.99 Å². The largest absolute Gasteiger partial charge is 0.444 e. The van der Waals surface area contributed by atoms with Crippen LogP contribution >= 0.6 is 0 Å². The van der Waals surface area contributed by atoms with E-state index in [-0.39, 0.29) is 6.09 Å². The highest BCUT2D eigenvalue weighted by Gasteiger charge is 2.26. The molecule has 0 radical (unpaired) electrons. The van der Waals surface area contributed by atoms with Gasteiger partial charge in [0.05, 0.1) is 0 Å². The maximum absolute atomic E-state index is 12.1. The van der Waals surface area contributed by atoms with Crippen molar-refractivity contribution >= 4 is 12.1 Å². The van der Waals surface area contributed by atoms with Crippen LogP contribution in [0.1, 0.15) is 60.3 Å². The fourth-order valence-electron chi connectivity index (χ4n) is 2.57. The molecule has 140 valence electrons. The molecule has 6 heteroatoms. The van der Waals surface area contributed by atoms with Crippen molar-refractivity contribution in [1.29, 1.82) is 0 Å². The Morgan fingerprint density at radius 2 is 1.88 bits per heavy atom. The van der Waals surface area contributed by atoms with Crippen LogP contribution in [0.25, 0.3) is 0 Å². The summed E-state index contributed by atoms with van der Waals surface area (Å²) in [5.74, 6) is 1.44. The monoisotopic (exact) mass is 340 g/mol. The van der Waals surface area contributed by atoms with Gasteiger partial charge in [0.25, 0.3) is 0 Å². The number of amides is 1. The van der Waals surface area contributed by atoms with Gasteiger partial charge in [-0.15, -0.1) is 0 Å². The smallest absolute Gasteiger partial charge is 0.410 e. The third kappa shape index (κ3) is 8.41. The van der Waals surface area contributed by atoms with E-state index in [0.717, 1.165) is 57.9 Å². The quantitative estimate of drug-likeness (QED) is 0.443. The standard InChI is InChI=1S/C18H36N4O2/c1-6-8-11-20-16(19-7-2)21-14-15-9-12-22(13-10-15)17(23)24-18(3,4)5/h15H,6-14H2,1-5H3,(H2,19,20,21). The van der Waals surface area contributed by atoms with Crippen molar-refractivity contribution in [2.75, 3.05) is 32.7 Å². The first kappa shape index (κ1) is 20.6. The van der Waals surface area contributed by atoms with E-state index in [9.17, 15) is 4.79 Å². The summed E-state index contributed by atoms with van der Waals surface area (Å²) in [6.07, 6.45) is 4.10. The van der Waals surface area contributed by atoms with E-state index in [4.69, 9.17) is 9.73 Å². The Balaban J connectivity index is 2.38. The minimum atomic E-state index is -0.427. The third-order valence-corrected chi connectivity index (χ3v) is 3.94. The molecule has 1 aliphatic heterocycles. The van der Waals surface area contributed by atoms with Crippen LogP contribution in [0, 0.1) is 5.92 Å². The van der Waals surface area contributed by atoms with Crippen molar-refractivity contribution in [1.82, 2.24) is 15.5 Å². The van der Waals surface area contributed by atoms with Gasteiger partial charge in [-0.25, -0.2) is 4.79 Å². The maximum Gasteiger partial charge on any atom is 0.410 e. The predicted octanol–water partition coefficient (Wildman–Crippen LogP) is 2.99. The molecule has 0 unspecified atom stereocenters. The number of hydrogen-bond donors (Lipinski definition) is 2. The lowest BCUT2D eigenvalue weighted by Crippen LogP contribution is -2.42. The van der Waals surface area contributed by atoms with Crippen molar-refractivity contribution in [3.05, 3.63) is 0 Å². The first-order valence-corrected chi connectivity index (χ1v) is 9.35. The number of aliphatic imine (C=N–C) groups is 1. The number of hydrogen-bond acceptors (Lipinski definition) is 3. The lowest BCUT2D eigenvalue weighted by atomic mass is 9.97. The number of guanidine groups is 1. The van der Waals surface area contributed by atoms with Gasteiger partial charge in [-0.05, 0) is 52.9 Å². The SMILES string of the molecule is CCCCNC(=NCC1CCN(C(=O)OC(C)(C)C)CC1)NCC. The predicted molar refractivity (Wildman–Crippen MR) is 99.4 cm³/mol. The Hall–Kier alpha value is -1.46.